The number of pyridine rings is 1. The average Bonchev–Trinajstić information content (AvgIpc) is 2.16. The van der Waals surface area contributed by atoms with Crippen LogP contribution in [0.3, 0.4) is 0 Å². The topological polar surface area (TPSA) is 65.2 Å². The second-order valence-electron chi connectivity index (χ2n) is 3.19. The highest BCUT2D eigenvalue weighted by Crippen LogP contribution is 2.24. The van der Waals surface area contributed by atoms with Crippen molar-refractivity contribution in [3.63, 3.8) is 0 Å². The van der Waals surface area contributed by atoms with E-state index in [-0.39, 0.29) is 21.6 Å². The maximum absolute atomic E-state index is 11.6. The van der Waals surface area contributed by atoms with Gasteiger partial charge in [-0.05, 0) is 12.5 Å². The van der Waals surface area contributed by atoms with Crippen LogP contribution >= 0.6 is 23.2 Å². The zero-order valence-corrected chi connectivity index (χ0v) is 10.3. The lowest BCUT2D eigenvalue weighted by molar-refractivity contribution is 0.0501. The number of carbonyl (C=O) groups is 1. The summed E-state index contributed by atoms with van der Waals surface area (Å²) in [6, 6.07) is 1.36. The van der Waals surface area contributed by atoms with Crippen molar-refractivity contribution < 1.29 is 9.53 Å². The molecule has 2 N–H and O–H groups in total. The van der Waals surface area contributed by atoms with Crippen molar-refractivity contribution in [2.75, 3.05) is 12.3 Å². The Labute approximate surface area is 104 Å². The Morgan fingerprint density at radius 2 is 2.25 bits per heavy atom. The molecule has 0 radical (unpaired) electrons. The third-order valence-corrected chi connectivity index (χ3v) is 2.38. The van der Waals surface area contributed by atoms with E-state index in [0.717, 1.165) is 12.8 Å². The SMILES string of the molecule is CCCCOC(=O)c1c(N)cc(Cl)nc1Cl. The number of rotatable bonds is 4. The Morgan fingerprint density at radius 3 is 2.81 bits per heavy atom. The predicted octanol–water partition coefficient (Wildman–Crippen LogP) is 2.93. The van der Waals surface area contributed by atoms with Crippen LogP contribution in [0, 0.1) is 0 Å². The number of nitrogen functional groups attached to an aromatic ring is 1. The number of nitrogens with zero attached hydrogens (tertiary/aromatic N) is 1. The molecule has 1 aromatic rings. The van der Waals surface area contributed by atoms with Crippen molar-refractivity contribution in [3.05, 3.63) is 21.9 Å². The number of anilines is 1. The van der Waals surface area contributed by atoms with E-state index in [9.17, 15) is 4.79 Å². The molecule has 0 atom stereocenters. The van der Waals surface area contributed by atoms with Crippen LogP contribution in [0.15, 0.2) is 6.07 Å². The molecule has 0 aromatic carbocycles. The predicted molar refractivity (Wildman–Crippen MR) is 63.9 cm³/mol. The summed E-state index contributed by atoms with van der Waals surface area (Å²) >= 11 is 11.4. The number of aromatic nitrogens is 1. The smallest absolute Gasteiger partial charge is 0.343 e. The van der Waals surface area contributed by atoms with Gasteiger partial charge in [-0.1, -0.05) is 36.5 Å². The van der Waals surface area contributed by atoms with Crippen LogP contribution < -0.4 is 5.73 Å². The highest BCUT2D eigenvalue weighted by atomic mass is 35.5. The van der Waals surface area contributed by atoms with E-state index in [1.807, 2.05) is 6.92 Å². The molecular formula is C10H12Cl2N2O2. The second-order valence-corrected chi connectivity index (χ2v) is 3.93. The normalized spacial score (nSPS) is 10.2. The van der Waals surface area contributed by atoms with Crippen LogP contribution in [0.25, 0.3) is 0 Å². The molecule has 0 saturated heterocycles. The molecule has 0 fully saturated rings. The first-order chi connectivity index (χ1) is 7.56. The first-order valence-corrected chi connectivity index (χ1v) is 5.60. The third-order valence-electron chi connectivity index (χ3n) is 1.91. The molecule has 1 aromatic heterocycles. The van der Waals surface area contributed by atoms with E-state index in [4.69, 9.17) is 33.7 Å². The Bertz CT molecular complexity index is 373. The number of esters is 1. The van der Waals surface area contributed by atoms with Gasteiger partial charge in [0.15, 0.2) is 0 Å². The number of ether oxygens (including phenoxy) is 1. The number of hydrogen-bond donors (Lipinski definition) is 1. The fourth-order valence-electron chi connectivity index (χ4n) is 1.08. The van der Waals surface area contributed by atoms with Crippen molar-refractivity contribution in [1.82, 2.24) is 4.98 Å². The molecule has 0 aliphatic rings. The zero-order valence-electron chi connectivity index (χ0n) is 8.80. The fraction of sp³-hybridized carbons (Fsp3) is 0.400. The van der Waals surface area contributed by atoms with Crippen molar-refractivity contribution in [3.8, 4) is 0 Å². The van der Waals surface area contributed by atoms with Gasteiger partial charge in [0.05, 0.1) is 12.3 Å². The Balaban J connectivity index is 2.83. The summed E-state index contributed by atoms with van der Waals surface area (Å²) in [7, 11) is 0. The largest absolute Gasteiger partial charge is 0.462 e. The first kappa shape index (κ1) is 13.1. The molecule has 0 aliphatic carbocycles. The fourth-order valence-corrected chi connectivity index (χ4v) is 1.61. The highest BCUT2D eigenvalue weighted by Gasteiger charge is 2.17. The number of nitrogens with two attached hydrogens (primary N) is 1. The summed E-state index contributed by atoms with van der Waals surface area (Å²) < 4.78 is 4.98. The van der Waals surface area contributed by atoms with Gasteiger partial charge in [0.1, 0.15) is 15.9 Å². The third kappa shape index (κ3) is 3.25. The van der Waals surface area contributed by atoms with Gasteiger partial charge >= 0.3 is 5.97 Å². The maximum Gasteiger partial charge on any atom is 0.343 e. The van der Waals surface area contributed by atoms with Crippen LogP contribution in [0.5, 0.6) is 0 Å². The lowest BCUT2D eigenvalue weighted by atomic mass is 10.2. The summed E-state index contributed by atoms with van der Waals surface area (Å²) in [6.07, 6.45) is 1.74. The Kier molecular flexibility index (Phi) is 4.83. The lowest BCUT2D eigenvalue weighted by Gasteiger charge is -2.07. The number of unbranched alkanes of at least 4 members (excludes halogenated alkanes) is 1. The van der Waals surface area contributed by atoms with Crippen LogP contribution in [0.1, 0.15) is 30.1 Å². The maximum atomic E-state index is 11.6. The van der Waals surface area contributed by atoms with Gasteiger partial charge in [-0.15, -0.1) is 0 Å². The van der Waals surface area contributed by atoms with Gasteiger partial charge in [-0.3, -0.25) is 0 Å². The van der Waals surface area contributed by atoms with Crippen LogP contribution in [0.4, 0.5) is 5.69 Å². The minimum atomic E-state index is -0.569. The number of hydrogen-bond acceptors (Lipinski definition) is 4. The molecular weight excluding hydrogens is 251 g/mol. The van der Waals surface area contributed by atoms with Crippen molar-refractivity contribution in [1.29, 1.82) is 0 Å². The molecule has 0 aliphatic heterocycles. The zero-order chi connectivity index (χ0) is 12.1. The van der Waals surface area contributed by atoms with Gasteiger partial charge in [0.25, 0.3) is 0 Å². The first-order valence-electron chi connectivity index (χ1n) is 4.85. The standard InChI is InChI=1S/C10H12Cl2N2O2/c1-2-3-4-16-10(15)8-6(13)5-7(11)14-9(8)12/h5H,2-4H2,1H3,(H2,13,14). The van der Waals surface area contributed by atoms with E-state index in [0.29, 0.717) is 6.61 Å². The van der Waals surface area contributed by atoms with Crippen LogP contribution in [-0.2, 0) is 4.74 Å². The molecule has 0 amide bonds. The van der Waals surface area contributed by atoms with Gasteiger partial charge in [0.2, 0.25) is 0 Å². The minimum absolute atomic E-state index is 0.0356. The molecule has 6 heteroatoms. The van der Waals surface area contributed by atoms with Gasteiger partial charge < -0.3 is 10.5 Å². The van der Waals surface area contributed by atoms with Crippen LogP contribution in [0.2, 0.25) is 10.3 Å². The summed E-state index contributed by atoms with van der Waals surface area (Å²) in [5.74, 6) is -0.569. The number of carbonyl (C=O) groups excluding carboxylic acids is 1. The van der Waals surface area contributed by atoms with E-state index in [1.165, 1.54) is 6.07 Å². The molecule has 0 spiro atoms. The van der Waals surface area contributed by atoms with E-state index >= 15 is 0 Å². The van der Waals surface area contributed by atoms with Gasteiger partial charge in [-0.25, -0.2) is 9.78 Å². The molecule has 0 bridgehead atoms. The quantitative estimate of drug-likeness (QED) is 0.515. The molecule has 0 unspecified atom stereocenters. The second kappa shape index (κ2) is 5.92. The van der Waals surface area contributed by atoms with Crippen LogP contribution in [-0.4, -0.2) is 17.6 Å². The molecule has 1 rings (SSSR count). The molecule has 1 heterocycles. The molecule has 0 saturated carbocycles. The number of halogens is 2. The van der Waals surface area contributed by atoms with E-state index in [2.05, 4.69) is 4.98 Å². The molecule has 16 heavy (non-hydrogen) atoms. The van der Waals surface area contributed by atoms with Gasteiger partial charge in [-0.2, -0.15) is 0 Å². The summed E-state index contributed by atoms with van der Waals surface area (Å²) in [6.45, 7) is 2.34. The monoisotopic (exact) mass is 262 g/mol. The van der Waals surface area contributed by atoms with Crippen molar-refractivity contribution in [2.45, 2.75) is 19.8 Å². The minimum Gasteiger partial charge on any atom is -0.462 e. The summed E-state index contributed by atoms with van der Waals surface area (Å²) in [4.78, 5) is 15.3. The molecule has 4 nitrogen and oxygen atoms in total. The van der Waals surface area contributed by atoms with Gasteiger partial charge in [0, 0.05) is 0 Å². The average molecular weight is 263 g/mol. The summed E-state index contributed by atoms with van der Waals surface area (Å²) in [5, 5.41) is 0.110. The highest BCUT2D eigenvalue weighted by molar-refractivity contribution is 6.35. The Hall–Kier alpha value is -1.00. The molecule has 88 valence electrons. The van der Waals surface area contributed by atoms with Crippen molar-refractivity contribution >= 4 is 34.9 Å². The Morgan fingerprint density at radius 1 is 1.56 bits per heavy atom. The van der Waals surface area contributed by atoms with E-state index in [1.54, 1.807) is 0 Å². The van der Waals surface area contributed by atoms with E-state index < -0.39 is 5.97 Å². The summed E-state index contributed by atoms with van der Waals surface area (Å²) in [5.41, 5.74) is 5.86. The lowest BCUT2D eigenvalue weighted by Crippen LogP contribution is -2.10. The van der Waals surface area contributed by atoms with Crippen molar-refractivity contribution in [2.24, 2.45) is 0 Å².